The number of carboxylic acid groups (broad SMARTS) is 1. The molecular formula is C16H21NO3. The number of aryl methyl sites for hydroxylation is 2. The van der Waals surface area contributed by atoms with Crippen molar-refractivity contribution in [1.82, 2.24) is 0 Å². The van der Waals surface area contributed by atoms with Crippen LogP contribution in [0.1, 0.15) is 36.8 Å². The second-order valence-corrected chi connectivity index (χ2v) is 5.59. The first kappa shape index (κ1) is 14.6. The first-order chi connectivity index (χ1) is 9.50. The van der Waals surface area contributed by atoms with E-state index in [1.165, 1.54) is 0 Å². The van der Waals surface area contributed by atoms with Gasteiger partial charge in [0.15, 0.2) is 0 Å². The van der Waals surface area contributed by atoms with Gasteiger partial charge in [-0.25, -0.2) is 0 Å². The van der Waals surface area contributed by atoms with Gasteiger partial charge in [0, 0.05) is 5.69 Å². The third-order valence-corrected chi connectivity index (χ3v) is 4.15. The summed E-state index contributed by atoms with van der Waals surface area (Å²) in [5, 5.41) is 12.2. The number of carboxylic acids is 1. The van der Waals surface area contributed by atoms with Crippen LogP contribution in [0.5, 0.6) is 0 Å². The summed E-state index contributed by atoms with van der Waals surface area (Å²) in [6.45, 7) is 3.89. The molecule has 1 amide bonds. The van der Waals surface area contributed by atoms with Gasteiger partial charge in [0.05, 0.1) is 11.8 Å². The smallest absolute Gasteiger partial charge is 0.307 e. The summed E-state index contributed by atoms with van der Waals surface area (Å²) in [4.78, 5) is 23.7. The Morgan fingerprint density at radius 2 is 1.65 bits per heavy atom. The van der Waals surface area contributed by atoms with E-state index in [-0.39, 0.29) is 5.91 Å². The van der Waals surface area contributed by atoms with Crippen LogP contribution in [0.2, 0.25) is 0 Å². The predicted molar refractivity (Wildman–Crippen MR) is 77.6 cm³/mol. The van der Waals surface area contributed by atoms with Crippen LogP contribution in [0.4, 0.5) is 5.69 Å². The van der Waals surface area contributed by atoms with E-state index in [0.717, 1.165) is 29.7 Å². The molecule has 20 heavy (non-hydrogen) atoms. The van der Waals surface area contributed by atoms with E-state index in [4.69, 9.17) is 0 Å². The van der Waals surface area contributed by atoms with Crippen molar-refractivity contribution in [2.45, 2.75) is 39.5 Å². The quantitative estimate of drug-likeness (QED) is 0.890. The van der Waals surface area contributed by atoms with E-state index in [9.17, 15) is 14.7 Å². The van der Waals surface area contributed by atoms with Crippen molar-refractivity contribution >= 4 is 17.6 Å². The number of rotatable bonds is 3. The highest BCUT2D eigenvalue weighted by molar-refractivity contribution is 5.96. The molecule has 0 saturated heterocycles. The minimum absolute atomic E-state index is 0.158. The summed E-state index contributed by atoms with van der Waals surface area (Å²) in [6.07, 6.45) is 3.08. The van der Waals surface area contributed by atoms with Gasteiger partial charge in [-0.15, -0.1) is 0 Å². The molecule has 1 aliphatic carbocycles. The average molecular weight is 275 g/mol. The largest absolute Gasteiger partial charge is 0.481 e. The molecule has 1 aromatic rings. The van der Waals surface area contributed by atoms with Crippen molar-refractivity contribution in [3.05, 3.63) is 29.3 Å². The maximum Gasteiger partial charge on any atom is 0.307 e. The van der Waals surface area contributed by atoms with Crippen LogP contribution < -0.4 is 5.32 Å². The Morgan fingerprint density at radius 3 is 2.20 bits per heavy atom. The van der Waals surface area contributed by atoms with Crippen LogP contribution in [-0.4, -0.2) is 17.0 Å². The SMILES string of the molecule is Cc1cccc(C)c1NC(=O)C1CCCCC1C(=O)O. The van der Waals surface area contributed by atoms with Crippen molar-refractivity contribution in [3.8, 4) is 0 Å². The summed E-state index contributed by atoms with van der Waals surface area (Å²) in [7, 11) is 0. The Hall–Kier alpha value is -1.84. The molecule has 0 heterocycles. The third-order valence-electron chi connectivity index (χ3n) is 4.15. The monoisotopic (exact) mass is 275 g/mol. The van der Waals surface area contributed by atoms with Gasteiger partial charge in [0.25, 0.3) is 0 Å². The number of hydrogen-bond acceptors (Lipinski definition) is 2. The van der Waals surface area contributed by atoms with E-state index in [1.54, 1.807) is 0 Å². The Kier molecular flexibility index (Phi) is 4.42. The van der Waals surface area contributed by atoms with Crippen LogP contribution in [0.25, 0.3) is 0 Å². The normalized spacial score (nSPS) is 22.3. The lowest BCUT2D eigenvalue weighted by atomic mass is 9.78. The van der Waals surface area contributed by atoms with Gasteiger partial charge in [-0.2, -0.15) is 0 Å². The van der Waals surface area contributed by atoms with Crippen LogP contribution in [-0.2, 0) is 9.59 Å². The second kappa shape index (κ2) is 6.07. The topological polar surface area (TPSA) is 66.4 Å². The van der Waals surface area contributed by atoms with Gasteiger partial charge in [-0.05, 0) is 37.8 Å². The maximum atomic E-state index is 12.4. The molecule has 0 aromatic heterocycles. The summed E-state index contributed by atoms with van der Waals surface area (Å²) >= 11 is 0. The van der Waals surface area contributed by atoms with Gasteiger partial charge in [0.1, 0.15) is 0 Å². The van der Waals surface area contributed by atoms with Gasteiger partial charge in [0.2, 0.25) is 5.91 Å². The van der Waals surface area contributed by atoms with Crippen molar-refractivity contribution < 1.29 is 14.7 Å². The number of anilines is 1. The zero-order chi connectivity index (χ0) is 14.7. The molecule has 2 atom stereocenters. The predicted octanol–water partition coefficient (Wildman–Crippen LogP) is 3.13. The van der Waals surface area contributed by atoms with Crippen molar-refractivity contribution in [2.75, 3.05) is 5.32 Å². The number of nitrogens with one attached hydrogen (secondary N) is 1. The van der Waals surface area contributed by atoms with Crippen molar-refractivity contribution in [3.63, 3.8) is 0 Å². The average Bonchev–Trinajstić information content (AvgIpc) is 2.43. The molecule has 0 spiro atoms. The number of carbonyl (C=O) groups is 2. The van der Waals surface area contributed by atoms with Gasteiger partial charge < -0.3 is 10.4 Å². The van der Waals surface area contributed by atoms with Crippen LogP contribution in [0, 0.1) is 25.7 Å². The number of aliphatic carboxylic acids is 1. The lowest BCUT2D eigenvalue weighted by Crippen LogP contribution is -2.36. The first-order valence-electron chi connectivity index (χ1n) is 7.10. The van der Waals surface area contributed by atoms with E-state index >= 15 is 0 Å². The zero-order valence-corrected chi connectivity index (χ0v) is 12.0. The Bertz CT molecular complexity index is 504. The standard InChI is InChI=1S/C16H21NO3/c1-10-6-5-7-11(2)14(10)17-15(18)12-8-3-4-9-13(12)16(19)20/h5-7,12-13H,3-4,8-9H2,1-2H3,(H,17,18)(H,19,20). The van der Waals surface area contributed by atoms with Gasteiger partial charge in [-0.3, -0.25) is 9.59 Å². The Morgan fingerprint density at radius 1 is 1.10 bits per heavy atom. The second-order valence-electron chi connectivity index (χ2n) is 5.59. The summed E-state index contributed by atoms with van der Waals surface area (Å²) < 4.78 is 0. The fourth-order valence-corrected chi connectivity index (χ4v) is 2.97. The first-order valence-corrected chi connectivity index (χ1v) is 7.10. The van der Waals surface area contributed by atoms with Gasteiger partial charge in [-0.1, -0.05) is 31.0 Å². The molecule has 0 aliphatic heterocycles. The minimum Gasteiger partial charge on any atom is -0.481 e. The van der Waals surface area contributed by atoms with E-state index < -0.39 is 17.8 Å². The minimum atomic E-state index is -0.855. The van der Waals surface area contributed by atoms with E-state index in [1.807, 2.05) is 32.0 Å². The Balaban J connectivity index is 2.16. The number of para-hydroxylation sites is 1. The number of hydrogen-bond donors (Lipinski definition) is 2. The zero-order valence-electron chi connectivity index (χ0n) is 12.0. The van der Waals surface area contributed by atoms with Crippen molar-refractivity contribution in [1.29, 1.82) is 0 Å². The molecule has 2 unspecified atom stereocenters. The molecule has 108 valence electrons. The highest BCUT2D eigenvalue weighted by Gasteiger charge is 2.35. The molecule has 1 aromatic carbocycles. The third kappa shape index (κ3) is 3.00. The maximum absolute atomic E-state index is 12.4. The highest BCUT2D eigenvalue weighted by Crippen LogP contribution is 2.32. The molecular weight excluding hydrogens is 254 g/mol. The molecule has 4 nitrogen and oxygen atoms in total. The fraction of sp³-hybridized carbons (Fsp3) is 0.500. The summed E-state index contributed by atoms with van der Waals surface area (Å²) in [5.74, 6) is -1.98. The number of benzene rings is 1. The van der Waals surface area contributed by atoms with Crippen LogP contribution in [0.3, 0.4) is 0 Å². The molecule has 2 rings (SSSR count). The summed E-state index contributed by atoms with van der Waals surface area (Å²) in [6, 6.07) is 5.83. The lowest BCUT2D eigenvalue weighted by molar-refractivity contribution is -0.147. The molecule has 4 heteroatoms. The molecule has 1 saturated carbocycles. The molecule has 0 bridgehead atoms. The fourth-order valence-electron chi connectivity index (χ4n) is 2.97. The van der Waals surface area contributed by atoms with E-state index in [0.29, 0.717) is 12.8 Å². The summed E-state index contributed by atoms with van der Waals surface area (Å²) in [5.41, 5.74) is 2.81. The lowest BCUT2D eigenvalue weighted by Gasteiger charge is -2.28. The highest BCUT2D eigenvalue weighted by atomic mass is 16.4. The molecule has 0 radical (unpaired) electrons. The molecule has 1 fully saturated rings. The number of amides is 1. The van der Waals surface area contributed by atoms with Gasteiger partial charge >= 0.3 is 5.97 Å². The van der Waals surface area contributed by atoms with Crippen LogP contribution >= 0.6 is 0 Å². The van der Waals surface area contributed by atoms with E-state index in [2.05, 4.69) is 5.32 Å². The molecule has 2 N–H and O–H groups in total. The van der Waals surface area contributed by atoms with Crippen molar-refractivity contribution in [2.24, 2.45) is 11.8 Å². The Labute approximate surface area is 119 Å². The molecule has 1 aliphatic rings. The van der Waals surface area contributed by atoms with Crippen LogP contribution in [0.15, 0.2) is 18.2 Å². The number of carbonyl (C=O) groups excluding carboxylic acids is 1.